The molecule has 0 aromatic carbocycles. The molecule has 0 unspecified atom stereocenters. The molecule has 2 aromatic rings. The van der Waals surface area contributed by atoms with Gasteiger partial charge in [-0.25, -0.2) is 0 Å². The monoisotopic (exact) mass is 285 g/mol. The number of nitrogens with two attached hydrogens (primary N) is 1. The Balaban J connectivity index is 2.38. The maximum atomic E-state index is 12.8. The molecule has 0 radical (unpaired) electrons. The van der Waals surface area contributed by atoms with E-state index in [-0.39, 0.29) is 12.2 Å². The molecule has 0 aliphatic heterocycles. The van der Waals surface area contributed by atoms with E-state index in [1.807, 2.05) is 0 Å². The van der Waals surface area contributed by atoms with E-state index in [0.29, 0.717) is 6.54 Å². The molecule has 0 spiro atoms. The second kappa shape index (κ2) is 5.37. The van der Waals surface area contributed by atoms with Gasteiger partial charge in [0.2, 0.25) is 5.78 Å². The molecular formula is C11H10F3N5O. The SMILES string of the molecule is NCCn1cc(C(=O)c2cnccc2C(F)(F)F)nn1. The lowest BCUT2D eigenvalue weighted by atomic mass is 10.0. The number of hydrogen-bond acceptors (Lipinski definition) is 5. The number of rotatable bonds is 4. The third-order valence-corrected chi connectivity index (χ3v) is 2.50. The van der Waals surface area contributed by atoms with Crippen molar-refractivity contribution in [3.8, 4) is 0 Å². The summed E-state index contributed by atoms with van der Waals surface area (Å²) in [6, 6.07) is 0.748. The molecule has 20 heavy (non-hydrogen) atoms. The van der Waals surface area contributed by atoms with Crippen molar-refractivity contribution < 1.29 is 18.0 Å². The first kappa shape index (κ1) is 14.1. The van der Waals surface area contributed by atoms with Crippen molar-refractivity contribution in [2.24, 2.45) is 5.73 Å². The fourth-order valence-electron chi connectivity index (χ4n) is 1.60. The average molecular weight is 285 g/mol. The summed E-state index contributed by atoms with van der Waals surface area (Å²) >= 11 is 0. The largest absolute Gasteiger partial charge is 0.417 e. The number of nitrogens with zero attached hydrogens (tertiary/aromatic N) is 4. The topological polar surface area (TPSA) is 86.7 Å². The van der Waals surface area contributed by atoms with Crippen LogP contribution in [0.3, 0.4) is 0 Å². The first-order chi connectivity index (χ1) is 9.43. The molecule has 0 aliphatic rings. The predicted molar refractivity (Wildman–Crippen MR) is 61.7 cm³/mol. The van der Waals surface area contributed by atoms with Gasteiger partial charge in [-0.2, -0.15) is 13.2 Å². The van der Waals surface area contributed by atoms with Crippen molar-refractivity contribution >= 4 is 5.78 Å². The molecule has 0 bridgehead atoms. The van der Waals surface area contributed by atoms with Crippen molar-refractivity contribution in [1.29, 1.82) is 0 Å². The highest BCUT2D eigenvalue weighted by molar-refractivity contribution is 6.08. The van der Waals surface area contributed by atoms with Crippen LogP contribution in [0.1, 0.15) is 21.6 Å². The van der Waals surface area contributed by atoms with Gasteiger partial charge >= 0.3 is 6.18 Å². The maximum Gasteiger partial charge on any atom is 0.417 e. The smallest absolute Gasteiger partial charge is 0.329 e. The highest BCUT2D eigenvalue weighted by Crippen LogP contribution is 2.32. The molecule has 0 fully saturated rings. The highest BCUT2D eigenvalue weighted by Gasteiger charge is 2.35. The van der Waals surface area contributed by atoms with E-state index < -0.39 is 23.1 Å². The Hall–Kier alpha value is -2.29. The molecule has 9 heteroatoms. The quantitative estimate of drug-likeness (QED) is 0.843. The zero-order valence-electron chi connectivity index (χ0n) is 10.1. The minimum absolute atomic E-state index is 0.183. The second-order valence-electron chi connectivity index (χ2n) is 3.90. The molecule has 0 saturated carbocycles. The molecule has 2 rings (SSSR count). The standard InChI is InChI=1S/C11H10F3N5O/c12-11(13,14)8-1-3-16-5-7(8)10(20)9-6-19(4-2-15)18-17-9/h1,3,5-6H,2,4,15H2. The molecule has 0 amide bonds. The van der Waals surface area contributed by atoms with Crippen molar-refractivity contribution in [3.63, 3.8) is 0 Å². The average Bonchev–Trinajstić information content (AvgIpc) is 2.86. The molecule has 6 nitrogen and oxygen atoms in total. The molecule has 2 N–H and O–H groups in total. The van der Waals surface area contributed by atoms with Gasteiger partial charge in [0, 0.05) is 18.9 Å². The molecule has 0 aliphatic carbocycles. The lowest BCUT2D eigenvalue weighted by Crippen LogP contribution is -2.14. The summed E-state index contributed by atoms with van der Waals surface area (Å²) < 4.78 is 39.7. The summed E-state index contributed by atoms with van der Waals surface area (Å²) in [6.45, 7) is 0.594. The summed E-state index contributed by atoms with van der Waals surface area (Å²) in [4.78, 5) is 15.6. The Labute approximate surface area is 111 Å². The van der Waals surface area contributed by atoms with Crippen LogP contribution in [0.25, 0.3) is 0 Å². The van der Waals surface area contributed by atoms with Crippen molar-refractivity contribution in [3.05, 3.63) is 41.5 Å². The molecule has 2 heterocycles. The number of ketones is 1. The number of hydrogen-bond donors (Lipinski definition) is 1. The van der Waals surface area contributed by atoms with E-state index in [1.165, 1.54) is 10.9 Å². The summed E-state index contributed by atoms with van der Waals surface area (Å²) in [6.07, 6.45) is -1.54. The van der Waals surface area contributed by atoms with Gasteiger partial charge < -0.3 is 5.73 Å². The van der Waals surface area contributed by atoms with Crippen LogP contribution in [0.15, 0.2) is 24.7 Å². The number of carbonyl (C=O) groups is 1. The van der Waals surface area contributed by atoms with E-state index >= 15 is 0 Å². The Morgan fingerprint density at radius 2 is 2.15 bits per heavy atom. The van der Waals surface area contributed by atoms with Crippen LogP contribution in [0.5, 0.6) is 0 Å². The Kier molecular flexibility index (Phi) is 3.79. The first-order valence-electron chi connectivity index (χ1n) is 5.59. The van der Waals surface area contributed by atoms with Crippen LogP contribution in [0.4, 0.5) is 13.2 Å². The molecule has 2 aromatic heterocycles. The van der Waals surface area contributed by atoms with Crippen LogP contribution in [-0.4, -0.2) is 32.3 Å². The zero-order valence-corrected chi connectivity index (χ0v) is 10.1. The van der Waals surface area contributed by atoms with Crippen LogP contribution < -0.4 is 5.73 Å². The van der Waals surface area contributed by atoms with Crippen LogP contribution in [0.2, 0.25) is 0 Å². The molecular weight excluding hydrogens is 275 g/mol. The third-order valence-electron chi connectivity index (χ3n) is 2.50. The fraction of sp³-hybridized carbons (Fsp3) is 0.273. The van der Waals surface area contributed by atoms with Gasteiger partial charge in [0.1, 0.15) is 0 Å². The molecule has 0 saturated heterocycles. The van der Waals surface area contributed by atoms with Gasteiger partial charge in [0.15, 0.2) is 5.69 Å². The summed E-state index contributed by atoms with van der Waals surface area (Å²) in [7, 11) is 0. The number of halogens is 3. The first-order valence-corrected chi connectivity index (χ1v) is 5.59. The van der Waals surface area contributed by atoms with Gasteiger partial charge in [-0.1, -0.05) is 5.21 Å². The maximum absolute atomic E-state index is 12.8. The van der Waals surface area contributed by atoms with Gasteiger partial charge in [-0.05, 0) is 6.07 Å². The summed E-state index contributed by atoms with van der Waals surface area (Å²) in [5.74, 6) is -0.881. The Morgan fingerprint density at radius 1 is 1.40 bits per heavy atom. The molecule has 0 atom stereocenters. The van der Waals surface area contributed by atoms with Gasteiger partial charge in [0.05, 0.1) is 23.9 Å². The fourth-order valence-corrected chi connectivity index (χ4v) is 1.60. The highest BCUT2D eigenvalue weighted by atomic mass is 19.4. The van der Waals surface area contributed by atoms with Crippen molar-refractivity contribution in [2.45, 2.75) is 12.7 Å². The summed E-state index contributed by atoms with van der Waals surface area (Å²) in [5, 5.41) is 7.16. The van der Waals surface area contributed by atoms with Crippen LogP contribution >= 0.6 is 0 Å². The van der Waals surface area contributed by atoms with Crippen LogP contribution in [-0.2, 0) is 12.7 Å². The minimum Gasteiger partial charge on any atom is -0.329 e. The Morgan fingerprint density at radius 3 is 2.80 bits per heavy atom. The van der Waals surface area contributed by atoms with E-state index in [1.54, 1.807) is 0 Å². The number of aromatic nitrogens is 4. The minimum atomic E-state index is -4.64. The van der Waals surface area contributed by atoms with Gasteiger partial charge in [-0.15, -0.1) is 5.10 Å². The van der Waals surface area contributed by atoms with Crippen molar-refractivity contribution in [2.75, 3.05) is 6.54 Å². The van der Waals surface area contributed by atoms with E-state index in [4.69, 9.17) is 5.73 Å². The zero-order chi connectivity index (χ0) is 14.8. The lowest BCUT2D eigenvalue weighted by molar-refractivity contribution is -0.137. The van der Waals surface area contributed by atoms with Gasteiger partial charge in [0.25, 0.3) is 0 Å². The normalized spacial score (nSPS) is 11.6. The Bertz CT molecular complexity index is 623. The third kappa shape index (κ3) is 2.82. The number of carbonyl (C=O) groups excluding carboxylic acids is 1. The number of pyridine rings is 1. The lowest BCUT2D eigenvalue weighted by Gasteiger charge is -2.09. The van der Waals surface area contributed by atoms with E-state index in [2.05, 4.69) is 15.3 Å². The van der Waals surface area contributed by atoms with Gasteiger partial charge in [-0.3, -0.25) is 14.5 Å². The second-order valence-corrected chi connectivity index (χ2v) is 3.90. The molecule has 106 valence electrons. The van der Waals surface area contributed by atoms with E-state index in [9.17, 15) is 18.0 Å². The van der Waals surface area contributed by atoms with Crippen molar-refractivity contribution in [1.82, 2.24) is 20.0 Å². The summed E-state index contributed by atoms with van der Waals surface area (Å²) in [5.41, 5.74) is 3.52. The number of alkyl halides is 3. The predicted octanol–water partition coefficient (Wildman–Crippen LogP) is 0.882. The van der Waals surface area contributed by atoms with E-state index in [0.717, 1.165) is 18.5 Å². The van der Waals surface area contributed by atoms with Crippen LogP contribution in [0, 0.1) is 0 Å².